The second-order valence-corrected chi connectivity index (χ2v) is 5.19. The van der Waals surface area contributed by atoms with Crippen molar-refractivity contribution < 1.29 is 4.79 Å². The van der Waals surface area contributed by atoms with Gasteiger partial charge in [0.2, 0.25) is 6.41 Å². The lowest BCUT2D eigenvalue weighted by molar-refractivity contribution is -0.106. The van der Waals surface area contributed by atoms with Gasteiger partial charge in [0.25, 0.3) is 0 Å². The third-order valence-corrected chi connectivity index (χ3v) is 4.21. The van der Waals surface area contributed by atoms with Crippen LogP contribution in [0.3, 0.4) is 0 Å². The molecule has 0 unspecified atom stereocenters. The van der Waals surface area contributed by atoms with Crippen LogP contribution in [0.25, 0.3) is 20.2 Å². The maximum atomic E-state index is 10.9. The molecular weight excluding hydrogens is 256 g/mol. The first-order valence-corrected chi connectivity index (χ1v) is 6.76. The Morgan fingerprint density at radius 2 is 1.89 bits per heavy atom. The third-order valence-electron chi connectivity index (χ3n) is 3.08. The predicted molar refractivity (Wildman–Crippen MR) is 80.5 cm³/mol. The van der Waals surface area contributed by atoms with Crippen LogP contribution in [0, 0.1) is 0 Å². The summed E-state index contributed by atoms with van der Waals surface area (Å²) in [6, 6.07) is 14.1. The smallest absolute Gasteiger partial charge is 0.233 e. The van der Waals surface area contributed by atoms with Crippen LogP contribution in [0.15, 0.2) is 47.5 Å². The Labute approximate surface area is 114 Å². The molecule has 4 heteroatoms. The lowest BCUT2D eigenvalue weighted by Crippen LogP contribution is -2.07. The van der Waals surface area contributed by atoms with Crippen molar-refractivity contribution in [2.75, 3.05) is 12.4 Å². The zero-order valence-corrected chi connectivity index (χ0v) is 11.2. The van der Waals surface area contributed by atoms with Crippen molar-refractivity contribution in [3.8, 4) is 0 Å². The second kappa shape index (κ2) is 4.82. The van der Waals surface area contributed by atoms with Gasteiger partial charge in [0, 0.05) is 32.9 Å². The lowest BCUT2D eigenvalue weighted by Gasteiger charge is -2.07. The number of fused-ring (bicyclic) bond motifs is 2. The molecule has 0 aliphatic heterocycles. The summed E-state index contributed by atoms with van der Waals surface area (Å²) < 4.78 is 2.25. The molecule has 3 aromatic rings. The molecule has 1 N–H and O–H groups in total. The van der Waals surface area contributed by atoms with Crippen molar-refractivity contribution >= 4 is 43.6 Å². The minimum Gasteiger partial charge on any atom is -0.388 e. The van der Waals surface area contributed by atoms with Gasteiger partial charge in [-0.1, -0.05) is 24.3 Å². The first-order chi connectivity index (χ1) is 9.35. The molecule has 0 saturated carbocycles. The van der Waals surface area contributed by atoms with E-state index in [9.17, 15) is 4.79 Å². The number of nitrogens with zero attached hydrogens (tertiary/aromatic N) is 1. The average Bonchev–Trinajstić information content (AvgIpc) is 2.46. The summed E-state index contributed by atoms with van der Waals surface area (Å²) in [5.41, 5.74) is 0.986. The first kappa shape index (κ1) is 11.9. The molecule has 0 aliphatic carbocycles. The number of amides is 1. The Morgan fingerprint density at radius 1 is 1.11 bits per heavy atom. The molecule has 0 atom stereocenters. The molecule has 94 valence electrons. The van der Waals surface area contributed by atoms with E-state index in [0.717, 1.165) is 31.2 Å². The molecular formula is C15H12N2OS. The van der Waals surface area contributed by atoms with Gasteiger partial charge in [-0.3, -0.25) is 4.79 Å². The van der Waals surface area contributed by atoms with Crippen LogP contribution < -0.4 is 10.7 Å². The largest absolute Gasteiger partial charge is 0.388 e. The zero-order chi connectivity index (χ0) is 13.2. The van der Waals surface area contributed by atoms with Gasteiger partial charge in [-0.15, -0.1) is 11.3 Å². The molecule has 19 heavy (non-hydrogen) atoms. The summed E-state index contributed by atoms with van der Waals surface area (Å²) in [4.78, 5) is 14.9. The summed E-state index contributed by atoms with van der Waals surface area (Å²) in [5, 5.41) is 5.91. The minimum atomic E-state index is 0.609. The van der Waals surface area contributed by atoms with Crippen LogP contribution in [0.5, 0.6) is 0 Å². The number of anilines is 1. The highest BCUT2D eigenvalue weighted by Gasteiger charge is 2.07. The highest BCUT2D eigenvalue weighted by Crippen LogP contribution is 2.28. The summed E-state index contributed by atoms with van der Waals surface area (Å²) in [6.07, 6.45) is 0.609. The van der Waals surface area contributed by atoms with Crippen molar-refractivity contribution in [2.24, 2.45) is 4.99 Å². The minimum absolute atomic E-state index is 0.609. The highest BCUT2D eigenvalue weighted by molar-refractivity contribution is 7.24. The number of rotatable bonds is 2. The van der Waals surface area contributed by atoms with Crippen LogP contribution in [-0.2, 0) is 4.79 Å². The van der Waals surface area contributed by atoms with Crippen LogP contribution in [0.4, 0.5) is 5.69 Å². The van der Waals surface area contributed by atoms with Gasteiger partial charge in [0.1, 0.15) is 0 Å². The Kier molecular flexibility index (Phi) is 3.01. The van der Waals surface area contributed by atoms with E-state index in [4.69, 9.17) is 0 Å². The molecule has 3 nitrogen and oxygen atoms in total. The molecule has 0 aliphatic rings. The predicted octanol–water partition coefficient (Wildman–Crippen LogP) is 3.15. The Morgan fingerprint density at radius 3 is 2.68 bits per heavy atom. The molecule has 1 amide bonds. The molecule has 0 bridgehead atoms. The van der Waals surface area contributed by atoms with Gasteiger partial charge >= 0.3 is 0 Å². The quantitative estimate of drug-likeness (QED) is 0.573. The Balaban J connectivity index is 2.65. The van der Waals surface area contributed by atoms with Crippen molar-refractivity contribution in [3.63, 3.8) is 0 Å². The van der Waals surface area contributed by atoms with Crippen molar-refractivity contribution in [2.45, 2.75) is 0 Å². The van der Waals surface area contributed by atoms with E-state index in [1.165, 1.54) is 0 Å². The van der Waals surface area contributed by atoms with E-state index >= 15 is 0 Å². The van der Waals surface area contributed by atoms with Gasteiger partial charge in [-0.05, 0) is 18.2 Å². The van der Waals surface area contributed by atoms with E-state index in [-0.39, 0.29) is 0 Å². The van der Waals surface area contributed by atoms with E-state index in [2.05, 4.69) is 22.4 Å². The van der Waals surface area contributed by atoms with Crippen LogP contribution >= 0.6 is 11.3 Å². The Bertz CT molecular complexity index is 836. The number of benzene rings is 2. The molecule has 0 fully saturated rings. The highest BCUT2D eigenvalue weighted by atomic mass is 32.1. The van der Waals surface area contributed by atoms with Crippen LogP contribution in [0.2, 0.25) is 0 Å². The molecule has 2 aromatic carbocycles. The van der Waals surface area contributed by atoms with Gasteiger partial charge in [-0.25, -0.2) is 4.99 Å². The fraction of sp³-hybridized carbons (Fsp3) is 0.0667. The number of nitrogens with one attached hydrogen (secondary N) is 1. The number of hydrogen-bond donors (Lipinski definition) is 1. The van der Waals surface area contributed by atoms with E-state index < -0.39 is 0 Å². The fourth-order valence-corrected chi connectivity index (χ4v) is 3.37. The van der Waals surface area contributed by atoms with Gasteiger partial charge < -0.3 is 5.32 Å². The molecule has 0 saturated heterocycles. The van der Waals surface area contributed by atoms with Gasteiger partial charge in [-0.2, -0.15) is 0 Å². The van der Waals surface area contributed by atoms with Crippen LogP contribution in [-0.4, -0.2) is 13.5 Å². The van der Waals surface area contributed by atoms with Crippen molar-refractivity contribution in [3.05, 3.63) is 47.8 Å². The third kappa shape index (κ3) is 1.90. The summed E-state index contributed by atoms with van der Waals surface area (Å²) in [6.45, 7) is 0. The van der Waals surface area contributed by atoms with Crippen LogP contribution in [0.1, 0.15) is 0 Å². The average molecular weight is 268 g/mol. The molecule has 3 rings (SSSR count). The number of carbonyl (C=O) groups excluding carboxylic acids is 1. The van der Waals surface area contributed by atoms with Crippen molar-refractivity contribution in [1.82, 2.24) is 0 Å². The molecule has 0 spiro atoms. The fourth-order valence-electron chi connectivity index (χ4n) is 2.26. The van der Waals surface area contributed by atoms with Gasteiger partial charge in [0.15, 0.2) is 0 Å². The monoisotopic (exact) mass is 268 g/mol. The topological polar surface area (TPSA) is 41.5 Å². The van der Waals surface area contributed by atoms with E-state index in [0.29, 0.717) is 6.41 Å². The second-order valence-electron chi connectivity index (χ2n) is 4.11. The lowest BCUT2D eigenvalue weighted by atomic mass is 10.1. The number of carbonyl (C=O) groups is 1. The summed E-state index contributed by atoms with van der Waals surface area (Å²) in [7, 11) is 1.87. The summed E-state index contributed by atoms with van der Waals surface area (Å²) in [5.74, 6) is 0. The number of hydrogen-bond acceptors (Lipinski definition) is 3. The zero-order valence-electron chi connectivity index (χ0n) is 10.4. The maximum Gasteiger partial charge on any atom is 0.233 e. The Hall–Kier alpha value is -2.20. The molecule has 1 aromatic heterocycles. The standard InChI is InChI=1S/C15H12N2OS/c1-16-11-6-4-8-13-14(11)15(17-9-18)10-5-2-3-7-12(10)19-13/h2-9,16H,1H3/b17-15-. The molecule has 0 radical (unpaired) electrons. The van der Waals surface area contributed by atoms with E-state index in [1.54, 1.807) is 11.3 Å². The van der Waals surface area contributed by atoms with E-state index in [1.807, 2.05) is 37.4 Å². The summed E-state index contributed by atoms with van der Waals surface area (Å²) >= 11 is 1.70. The molecule has 1 heterocycles. The van der Waals surface area contributed by atoms with Gasteiger partial charge in [0.05, 0.1) is 5.36 Å². The first-order valence-electron chi connectivity index (χ1n) is 5.95. The SMILES string of the molecule is CNc1cccc2sc3ccccc3/c(=N/C=O)c12. The maximum absolute atomic E-state index is 10.9. The van der Waals surface area contributed by atoms with Crippen molar-refractivity contribution in [1.29, 1.82) is 0 Å². The normalized spacial score (nSPS) is 11.9.